The average molecular weight is 201 g/mol. The van der Waals surface area contributed by atoms with E-state index in [1.807, 2.05) is 0 Å². The molecule has 0 spiro atoms. The van der Waals surface area contributed by atoms with Crippen LogP contribution in [0.4, 0.5) is 0 Å². The van der Waals surface area contributed by atoms with Crippen molar-refractivity contribution in [3.8, 4) is 0 Å². The van der Waals surface area contributed by atoms with Crippen LogP contribution < -0.4 is 5.32 Å². The van der Waals surface area contributed by atoms with Crippen LogP contribution in [0.2, 0.25) is 0 Å². The predicted molar refractivity (Wildman–Crippen MR) is 62.4 cm³/mol. The maximum Gasteiger partial charge on any atom is 0.00683 e. The fraction of sp³-hybridized carbons (Fsp3) is 1.00. The van der Waals surface area contributed by atoms with Gasteiger partial charge in [-0.15, -0.1) is 0 Å². The fourth-order valence-corrected chi connectivity index (χ4v) is 2.42. The Morgan fingerprint density at radius 3 is 2.85 bits per heavy atom. The summed E-state index contributed by atoms with van der Waals surface area (Å²) >= 11 is 2.12. The summed E-state index contributed by atoms with van der Waals surface area (Å²) in [6.07, 6.45) is 5.54. The minimum absolute atomic E-state index is 0.849. The van der Waals surface area contributed by atoms with Crippen LogP contribution in [0.25, 0.3) is 0 Å². The van der Waals surface area contributed by atoms with Gasteiger partial charge in [0.05, 0.1) is 0 Å². The average Bonchev–Trinajstić information content (AvgIpc) is 2.92. The van der Waals surface area contributed by atoms with Crippen LogP contribution in [0.15, 0.2) is 0 Å². The zero-order valence-electron chi connectivity index (χ0n) is 9.01. The maximum absolute atomic E-state index is 3.58. The van der Waals surface area contributed by atoms with Gasteiger partial charge in [-0.1, -0.05) is 20.3 Å². The molecule has 1 N–H and O–H groups in total. The summed E-state index contributed by atoms with van der Waals surface area (Å²) in [5.74, 6) is 3.53. The summed E-state index contributed by atoms with van der Waals surface area (Å²) in [4.78, 5) is 0. The minimum Gasteiger partial charge on any atom is -0.314 e. The van der Waals surface area contributed by atoms with Crippen LogP contribution in [0.3, 0.4) is 0 Å². The van der Waals surface area contributed by atoms with Gasteiger partial charge in [-0.2, -0.15) is 11.8 Å². The third-order valence-corrected chi connectivity index (χ3v) is 3.76. The molecule has 1 nitrogen and oxygen atoms in total. The molecule has 1 unspecified atom stereocenters. The van der Waals surface area contributed by atoms with Crippen molar-refractivity contribution in [3.63, 3.8) is 0 Å². The van der Waals surface area contributed by atoms with E-state index in [-0.39, 0.29) is 0 Å². The van der Waals surface area contributed by atoms with Gasteiger partial charge in [-0.3, -0.25) is 0 Å². The van der Waals surface area contributed by atoms with Crippen LogP contribution >= 0.6 is 11.8 Å². The molecule has 0 saturated heterocycles. The SMILES string of the molecule is CCCCSCC(C)CNC1CC1. The lowest BCUT2D eigenvalue weighted by molar-refractivity contribution is 0.556. The maximum atomic E-state index is 3.58. The topological polar surface area (TPSA) is 12.0 Å². The lowest BCUT2D eigenvalue weighted by atomic mass is 10.2. The second kappa shape index (κ2) is 6.72. The Labute approximate surface area is 87.1 Å². The largest absolute Gasteiger partial charge is 0.314 e. The molecule has 1 saturated carbocycles. The smallest absolute Gasteiger partial charge is 0.00683 e. The molecule has 78 valence electrons. The van der Waals surface area contributed by atoms with E-state index >= 15 is 0 Å². The van der Waals surface area contributed by atoms with Gasteiger partial charge in [-0.25, -0.2) is 0 Å². The minimum atomic E-state index is 0.849. The third kappa shape index (κ3) is 6.39. The van der Waals surface area contributed by atoms with Gasteiger partial charge in [0.2, 0.25) is 0 Å². The van der Waals surface area contributed by atoms with Crippen molar-refractivity contribution in [2.45, 2.75) is 45.6 Å². The number of rotatable bonds is 8. The molecule has 1 fully saturated rings. The number of unbranched alkanes of at least 4 members (excludes halogenated alkanes) is 1. The van der Waals surface area contributed by atoms with Crippen molar-refractivity contribution in [2.24, 2.45) is 5.92 Å². The van der Waals surface area contributed by atoms with E-state index in [0.717, 1.165) is 12.0 Å². The second-order valence-electron chi connectivity index (χ2n) is 4.22. The highest BCUT2D eigenvalue weighted by atomic mass is 32.2. The zero-order valence-corrected chi connectivity index (χ0v) is 9.83. The first-order valence-electron chi connectivity index (χ1n) is 5.64. The Morgan fingerprint density at radius 2 is 2.23 bits per heavy atom. The van der Waals surface area contributed by atoms with Crippen molar-refractivity contribution in [3.05, 3.63) is 0 Å². The molecule has 0 aromatic heterocycles. The molecule has 0 bridgehead atoms. The van der Waals surface area contributed by atoms with Crippen molar-refractivity contribution in [1.29, 1.82) is 0 Å². The van der Waals surface area contributed by atoms with Gasteiger partial charge in [0.25, 0.3) is 0 Å². The highest BCUT2D eigenvalue weighted by molar-refractivity contribution is 7.99. The summed E-state index contributed by atoms with van der Waals surface area (Å²) in [6, 6.07) is 0.878. The first kappa shape index (κ1) is 11.4. The summed E-state index contributed by atoms with van der Waals surface area (Å²) in [5.41, 5.74) is 0. The first-order valence-corrected chi connectivity index (χ1v) is 6.79. The number of hydrogen-bond acceptors (Lipinski definition) is 2. The standard InChI is InChI=1S/C11H23NS/c1-3-4-7-13-9-10(2)8-12-11-5-6-11/h10-12H,3-9H2,1-2H3. The summed E-state index contributed by atoms with van der Waals surface area (Å²) in [6.45, 7) is 5.84. The van der Waals surface area contributed by atoms with Gasteiger partial charge in [-0.05, 0) is 43.2 Å². The Bertz CT molecular complexity index is 123. The molecule has 2 heteroatoms. The number of thioether (sulfide) groups is 1. The molecule has 0 amide bonds. The number of nitrogens with one attached hydrogen (secondary N) is 1. The molecule has 0 aliphatic heterocycles. The van der Waals surface area contributed by atoms with Gasteiger partial charge < -0.3 is 5.32 Å². The molecule has 1 aliphatic carbocycles. The van der Waals surface area contributed by atoms with E-state index in [0.29, 0.717) is 0 Å². The number of hydrogen-bond donors (Lipinski definition) is 1. The molecule has 1 aliphatic rings. The molecular weight excluding hydrogens is 178 g/mol. The molecular formula is C11H23NS. The Kier molecular flexibility index (Phi) is 5.88. The summed E-state index contributed by atoms with van der Waals surface area (Å²) in [5, 5.41) is 3.58. The van der Waals surface area contributed by atoms with Gasteiger partial charge in [0.1, 0.15) is 0 Å². The van der Waals surface area contributed by atoms with E-state index in [2.05, 4.69) is 30.9 Å². The van der Waals surface area contributed by atoms with Crippen molar-refractivity contribution >= 4 is 11.8 Å². The quantitative estimate of drug-likeness (QED) is 0.606. The zero-order chi connectivity index (χ0) is 9.52. The van der Waals surface area contributed by atoms with E-state index in [4.69, 9.17) is 0 Å². The van der Waals surface area contributed by atoms with Gasteiger partial charge >= 0.3 is 0 Å². The van der Waals surface area contributed by atoms with E-state index in [1.54, 1.807) is 0 Å². The lowest BCUT2D eigenvalue weighted by Crippen LogP contribution is -2.24. The normalized spacial score (nSPS) is 18.9. The first-order chi connectivity index (χ1) is 6.33. The Balaban J connectivity index is 1.81. The van der Waals surface area contributed by atoms with Crippen LogP contribution in [-0.4, -0.2) is 24.1 Å². The molecule has 0 heterocycles. The molecule has 0 aromatic rings. The lowest BCUT2D eigenvalue weighted by Gasteiger charge is -2.11. The summed E-state index contributed by atoms with van der Waals surface area (Å²) in [7, 11) is 0. The van der Waals surface area contributed by atoms with Gasteiger partial charge in [0.15, 0.2) is 0 Å². The Hall–Kier alpha value is 0.310. The van der Waals surface area contributed by atoms with Crippen molar-refractivity contribution in [2.75, 3.05) is 18.1 Å². The van der Waals surface area contributed by atoms with E-state index in [1.165, 1.54) is 43.7 Å². The molecule has 1 atom stereocenters. The van der Waals surface area contributed by atoms with Crippen LogP contribution in [0.5, 0.6) is 0 Å². The molecule has 0 radical (unpaired) electrons. The van der Waals surface area contributed by atoms with Crippen LogP contribution in [-0.2, 0) is 0 Å². The molecule has 13 heavy (non-hydrogen) atoms. The monoisotopic (exact) mass is 201 g/mol. The Morgan fingerprint density at radius 1 is 1.46 bits per heavy atom. The second-order valence-corrected chi connectivity index (χ2v) is 5.37. The summed E-state index contributed by atoms with van der Waals surface area (Å²) < 4.78 is 0. The van der Waals surface area contributed by atoms with Crippen LogP contribution in [0, 0.1) is 5.92 Å². The van der Waals surface area contributed by atoms with E-state index in [9.17, 15) is 0 Å². The highest BCUT2D eigenvalue weighted by Gasteiger charge is 2.20. The molecule has 1 rings (SSSR count). The van der Waals surface area contributed by atoms with Crippen molar-refractivity contribution in [1.82, 2.24) is 5.32 Å². The predicted octanol–water partition coefficient (Wildman–Crippen LogP) is 2.91. The third-order valence-electron chi connectivity index (χ3n) is 2.38. The fourth-order valence-electron chi connectivity index (χ4n) is 1.25. The van der Waals surface area contributed by atoms with Gasteiger partial charge in [0, 0.05) is 6.04 Å². The highest BCUT2D eigenvalue weighted by Crippen LogP contribution is 2.19. The van der Waals surface area contributed by atoms with Crippen LogP contribution in [0.1, 0.15) is 39.5 Å². The van der Waals surface area contributed by atoms with E-state index < -0.39 is 0 Å². The molecule has 0 aromatic carbocycles. The van der Waals surface area contributed by atoms with Crippen molar-refractivity contribution < 1.29 is 0 Å².